The average Bonchev–Trinajstić information content (AvgIpc) is 3.19. The van der Waals surface area contributed by atoms with Gasteiger partial charge in [-0.05, 0) is 58.1 Å². The number of nitrogens with one attached hydrogen (secondary N) is 1. The van der Waals surface area contributed by atoms with Gasteiger partial charge in [0, 0.05) is 11.4 Å². The number of pyridine rings is 1. The molecule has 10 heteroatoms. The van der Waals surface area contributed by atoms with Crippen LogP contribution >= 0.6 is 11.3 Å². The number of hydrogen-bond acceptors (Lipinski definition) is 6. The molecule has 2 aromatic rings. The Morgan fingerprint density at radius 2 is 2.11 bits per heavy atom. The summed E-state index contributed by atoms with van der Waals surface area (Å²) in [6.07, 6.45) is 3.99. The van der Waals surface area contributed by atoms with E-state index in [1.807, 2.05) is 13.8 Å². The molecule has 2 amide bonds. The molecule has 0 aromatic carbocycles. The van der Waals surface area contributed by atoms with Gasteiger partial charge < -0.3 is 10.4 Å². The highest BCUT2D eigenvalue weighted by atomic mass is 32.2. The molecule has 2 heterocycles. The van der Waals surface area contributed by atoms with Gasteiger partial charge in [-0.1, -0.05) is 0 Å². The van der Waals surface area contributed by atoms with E-state index in [1.165, 1.54) is 6.20 Å². The number of aromatic nitrogens is 2. The highest BCUT2D eigenvalue weighted by molar-refractivity contribution is 7.93. The zero-order chi connectivity index (χ0) is 20.0. The number of anilines is 1. The van der Waals surface area contributed by atoms with Crippen LogP contribution in [0, 0.1) is 13.8 Å². The SMILES string of the molecule is Cc1nc2c(c(NC(=O)N=S(N)(=O)c3cnc(C(C)(C)O)s3)c1C)CCC2. The number of rotatable bonds is 3. The van der Waals surface area contributed by atoms with E-state index in [0.717, 1.165) is 53.1 Å². The average molecular weight is 410 g/mol. The van der Waals surface area contributed by atoms with Crippen molar-refractivity contribution >= 4 is 33.0 Å². The van der Waals surface area contributed by atoms with Gasteiger partial charge >= 0.3 is 6.03 Å². The van der Waals surface area contributed by atoms with Crippen molar-refractivity contribution in [1.29, 1.82) is 0 Å². The predicted molar refractivity (Wildman–Crippen MR) is 105 cm³/mol. The van der Waals surface area contributed by atoms with Crippen LogP contribution in [0.1, 0.15) is 47.8 Å². The molecule has 0 radical (unpaired) electrons. The fourth-order valence-electron chi connectivity index (χ4n) is 2.96. The van der Waals surface area contributed by atoms with Gasteiger partial charge in [0.05, 0.1) is 11.9 Å². The van der Waals surface area contributed by atoms with Crippen LogP contribution in [-0.4, -0.2) is 25.3 Å². The Bertz CT molecular complexity index is 1030. The van der Waals surface area contributed by atoms with Crippen molar-refractivity contribution in [2.24, 2.45) is 9.50 Å². The maximum absolute atomic E-state index is 12.7. The Morgan fingerprint density at radius 3 is 2.74 bits per heavy atom. The minimum Gasteiger partial charge on any atom is -0.383 e. The van der Waals surface area contributed by atoms with Gasteiger partial charge in [-0.2, -0.15) is 0 Å². The van der Waals surface area contributed by atoms with Gasteiger partial charge in [-0.15, -0.1) is 15.7 Å². The van der Waals surface area contributed by atoms with Gasteiger partial charge in [-0.25, -0.2) is 19.1 Å². The molecular formula is C17H23N5O3S2. The molecule has 1 aliphatic rings. The smallest absolute Gasteiger partial charge is 0.354 e. The maximum Gasteiger partial charge on any atom is 0.354 e. The Hall–Kier alpha value is -1.88. The Labute approximate surface area is 162 Å². The largest absolute Gasteiger partial charge is 0.383 e. The molecule has 1 aliphatic carbocycles. The number of hydrogen-bond donors (Lipinski definition) is 3. The number of amides is 2. The fraction of sp³-hybridized carbons (Fsp3) is 0.471. The molecule has 0 bridgehead atoms. The molecule has 4 N–H and O–H groups in total. The number of nitrogens with zero attached hydrogens (tertiary/aromatic N) is 3. The number of aliphatic hydroxyl groups is 1. The van der Waals surface area contributed by atoms with Crippen LogP contribution in [-0.2, 0) is 28.4 Å². The van der Waals surface area contributed by atoms with Crippen molar-refractivity contribution < 1.29 is 14.1 Å². The van der Waals surface area contributed by atoms with Crippen molar-refractivity contribution in [1.82, 2.24) is 9.97 Å². The second kappa shape index (κ2) is 6.93. The number of aryl methyl sites for hydroxylation is 2. The first kappa shape index (κ1) is 19.9. The molecule has 1 atom stereocenters. The fourth-order valence-corrected chi connectivity index (χ4v) is 5.02. The van der Waals surface area contributed by atoms with Crippen LogP contribution in [0.4, 0.5) is 10.5 Å². The third kappa shape index (κ3) is 4.03. The van der Waals surface area contributed by atoms with Crippen molar-refractivity contribution in [3.8, 4) is 0 Å². The lowest BCUT2D eigenvalue weighted by molar-refractivity contribution is 0.0783. The standard InChI is InChI=1S/C17H23N5O3S2/c1-9-10(2)20-12-7-5-6-11(12)14(9)21-16(23)22-27(18,25)13-8-19-15(26-13)17(3,4)24/h8,24H,5-7H2,1-4H3,(H3,18,20,21,22,23,25). The summed E-state index contributed by atoms with van der Waals surface area (Å²) in [6, 6.07) is -0.775. The lowest BCUT2D eigenvalue weighted by atomic mass is 10.1. The number of thiazole rings is 1. The minimum atomic E-state index is -3.46. The van der Waals surface area contributed by atoms with Crippen LogP contribution in [0.25, 0.3) is 0 Å². The number of nitrogens with two attached hydrogens (primary N) is 1. The van der Waals surface area contributed by atoms with Crippen molar-refractivity contribution in [2.45, 2.75) is 56.8 Å². The zero-order valence-electron chi connectivity index (χ0n) is 15.7. The van der Waals surface area contributed by atoms with Gasteiger partial charge in [0.1, 0.15) is 14.8 Å². The zero-order valence-corrected chi connectivity index (χ0v) is 17.3. The Morgan fingerprint density at radius 1 is 1.41 bits per heavy atom. The van der Waals surface area contributed by atoms with E-state index in [1.54, 1.807) is 13.8 Å². The third-order valence-electron chi connectivity index (χ3n) is 4.46. The van der Waals surface area contributed by atoms with Crippen LogP contribution < -0.4 is 10.5 Å². The van der Waals surface area contributed by atoms with Crippen molar-refractivity contribution in [3.63, 3.8) is 0 Å². The normalized spacial score (nSPS) is 15.9. The topological polar surface area (TPSA) is 131 Å². The minimum absolute atomic E-state index is 0.141. The van der Waals surface area contributed by atoms with E-state index in [2.05, 4.69) is 19.6 Å². The highest BCUT2D eigenvalue weighted by Crippen LogP contribution is 2.32. The monoisotopic (exact) mass is 409 g/mol. The molecule has 27 heavy (non-hydrogen) atoms. The van der Waals surface area contributed by atoms with Crippen LogP contribution in [0.15, 0.2) is 14.8 Å². The molecule has 8 nitrogen and oxygen atoms in total. The Kier molecular flexibility index (Phi) is 5.10. The van der Waals surface area contributed by atoms with Gasteiger partial charge in [0.25, 0.3) is 0 Å². The van der Waals surface area contributed by atoms with Gasteiger partial charge in [0.15, 0.2) is 9.92 Å². The second-order valence-corrected chi connectivity index (χ2v) is 10.2. The highest BCUT2D eigenvalue weighted by Gasteiger charge is 2.24. The van der Waals surface area contributed by atoms with E-state index in [9.17, 15) is 14.1 Å². The number of fused-ring (bicyclic) bond motifs is 1. The van der Waals surface area contributed by atoms with E-state index >= 15 is 0 Å². The van der Waals surface area contributed by atoms with E-state index < -0.39 is 21.5 Å². The third-order valence-corrected chi connectivity index (χ3v) is 7.65. The van der Waals surface area contributed by atoms with Crippen LogP contribution in [0.3, 0.4) is 0 Å². The summed E-state index contributed by atoms with van der Waals surface area (Å²) in [7, 11) is -3.46. The van der Waals surface area contributed by atoms with Gasteiger partial charge in [0.2, 0.25) is 0 Å². The van der Waals surface area contributed by atoms with Crippen molar-refractivity contribution in [2.75, 3.05) is 5.32 Å². The summed E-state index contributed by atoms with van der Waals surface area (Å²) in [5, 5.41) is 18.9. The molecule has 1 unspecified atom stereocenters. The van der Waals surface area contributed by atoms with Gasteiger partial charge in [-0.3, -0.25) is 4.98 Å². The summed E-state index contributed by atoms with van der Waals surface area (Å²) in [5.41, 5.74) is 3.20. The first-order valence-electron chi connectivity index (χ1n) is 8.52. The maximum atomic E-state index is 12.7. The summed E-state index contributed by atoms with van der Waals surface area (Å²) >= 11 is 0.975. The Balaban J connectivity index is 1.91. The van der Waals surface area contributed by atoms with E-state index in [-0.39, 0.29) is 4.21 Å². The summed E-state index contributed by atoms with van der Waals surface area (Å²) in [6.45, 7) is 6.90. The summed E-state index contributed by atoms with van der Waals surface area (Å²) < 4.78 is 16.6. The molecule has 2 aromatic heterocycles. The molecule has 0 aliphatic heterocycles. The molecular weight excluding hydrogens is 386 g/mol. The van der Waals surface area contributed by atoms with Crippen molar-refractivity contribution in [3.05, 3.63) is 33.7 Å². The molecule has 0 spiro atoms. The molecule has 0 saturated heterocycles. The summed E-state index contributed by atoms with van der Waals surface area (Å²) in [4.78, 5) is 21.0. The van der Waals surface area contributed by atoms with Crippen LogP contribution in [0.5, 0.6) is 0 Å². The second-order valence-electron chi connectivity index (χ2n) is 7.11. The lowest BCUT2D eigenvalue weighted by Gasteiger charge is -2.14. The molecule has 146 valence electrons. The first-order valence-corrected chi connectivity index (χ1v) is 10.9. The molecule has 3 rings (SSSR count). The number of urea groups is 1. The first-order chi connectivity index (χ1) is 12.5. The molecule has 0 fully saturated rings. The number of carbonyl (C=O) groups excluding carboxylic acids is 1. The predicted octanol–water partition coefficient (Wildman–Crippen LogP) is 2.80. The molecule has 0 saturated carbocycles. The number of carbonyl (C=O) groups is 1. The summed E-state index contributed by atoms with van der Waals surface area (Å²) in [5.74, 6) is 0. The van der Waals surface area contributed by atoms with E-state index in [4.69, 9.17) is 5.14 Å². The quantitative estimate of drug-likeness (QED) is 0.717. The lowest BCUT2D eigenvalue weighted by Crippen LogP contribution is -2.18. The van der Waals surface area contributed by atoms with E-state index in [0.29, 0.717) is 10.7 Å². The van der Waals surface area contributed by atoms with Crippen LogP contribution in [0.2, 0.25) is 0 Å².